The van der Waals surface area contributed by atoms with Crippen LogP contribution in [-0.4, -0.2) is 21.8 Å². The maximum Gasteiger partial charge on any atom is 0.416 e. The minimum absolute atomic E-state index is 0.00537. The van der Waals surface area contributed by atoms with Gasteiger partial charge in [-0.05, 0) is 41.5 Å². The Morgan fingerprint density at radius 1 is 0.976 bits per heavy atom. The summed E-state index contributed by atoms with van der Waals surface area (Å²) in [5, 5.41) is 2.54. The predicted molar refractivity (Wildman–Crippen MR) is 146 cm³/mol. The van der Waals surface area contributed by atoms with Crippen LogP contribution in [0.25, 0.3) is 0 Å². The summed E-state index contributed by atoms with van der Waals surface area (Å²) in [6.45, 7) is 1.56. The van der Waals surface area contributed by atoms with E-state index in [1.807, 2.05) is 0 Å². The fourth-order valence-electron chi connectivity index (χ4n) is 4.55. The third-order valence-corrected chi connectivity index (χ3v) is 8.10. The van der Waals surface area contributed by atoms with E-state index < -0.39 is 69.6 Å². The van der Waals surface area contributed by atoms with E-state index in [0.717, 1.165) is 24.3 Å². The maximum atomic E-state index is 15.0. The summed E-state index contributed by atoms with van der Waals surface area (Å²) in [4.78, 5) is 37.8. The molecule has 1 fully saturated rings. The number of rotatable bonds is 9. The normalized spacial score (nSPS) is 17.7. The number of nitrogens with one attached hydrogen (secondary N) is 1. The zero-order valence-corrected chi connectivity index (χ0v) is 23.5. The summed E-state index contributed by atoms with van der Waals surface area (Å²) in [7, 11) is 0. The quantitative estimate of drug-likeness (QED) is 0.147. The zero-order chi connectivity index (χ0) is 30.3. The van der Waals surface area contributed by atoms with Crippen LogP contribution in [0.5, 0.6) is 0 Å². The molecular weight excluding hydrogens is 612 g/mol. The molecule has 0 saturated heterocycles. The summed E-state index contributed by atoms with van der Waals surface area (Å²) in [5.74, 6) is -5.65. The Labute approximate surface area is 246 Å². The molecule has 1 N–H and O–H groups in total. The van der Waals surface area contributed by atoms with E-state index >= 15 is 0 Å². The van der Waals surface area contributed by atoms with Crippen LogP contribution in [-0.2, 0) is 28.6 Å². The predicted octanol–water partition coefficient (Wildman–Crippen LogP) is 8.11. The number of hydrogen-bond donors (Lipinski definition) is 1. The first-order valence-electron chi connectivity index (χ1n) is 12.3. The van der Waals surface area contributed by atoms with Gasteiger partial charge in [0.2, 0.25) is 5.91 Å². The van der Waals surface area contributed by atoms with Crippen molar-refractivity contribution in [2.45, 2.75) is 42.6 Å². The molecule has 216 valence electrons. The van der Waals surface area contributed by atoms with Gasteiger partial charge in [0.15, 0.2) is 5.78 Å². The summed E-state index contributed by atoms with van der Waals surface area (Å²) < 4.78 is 66.9. The lowest BCUT2D eigenvalue weighted by Crippen LogP contribution is -2.17. The molecule has 1 saturated carbocycles. The SMILES string of the molecule is CCC(=O)Cc1c(F)ccc(CC(=O)c2cc(NC(=O)[C@H]3[C@H](c4cccc(C(F)(F)F)c4)C3(Cl)Cl)ccc2Cl)c1F. The summed E-state index contributed by atoms with van der Waals surface area (Å²) in [6, 6.07) is 10.4. The first-order valence-corrected chi connectivity index (χ1v) is 13.4. The van der Waals surface area contributed by atoms with Crippen molar-refractivity contribution in [1.29, 1.82) is 0 Å². The lowest BCUT2D eigenvalue weighted by Gasteiger charge is -2.11. The van der Waals surface area contributed by atoms with Crippen LogP contribution >= 0.6 is 34.8 Å². The van der Waals surface area contributed by atoms with Gasteiger partial charge in [0.25, 0.3) is 0 Å². The Hall–Kier alpha value is -3.01. The number of carbonyl (C=O) groups is 3. The number of Topliss-reactive ketones (excluding diaryl/α,β-unsaturated/α-hetero) is 2. The molecule has 2 atom stereocenters. The maximum absolute atomic E-state index is 15.0. The standard InChI is InChI=1S/C29H21Cl3F5NO3/c1-2-18(39)13-20-22(33)9-6-15(26(20)34)11-23(40)19-12-17(7-8-21(19)30)38-27(41)25-24(28(25,31)32)14-4-3-5-16(10-14)29(35,36)37/h3-10,12,24-25H,2,11,13H2,1H3,(H,38,41)/t24-,25+/m0/s1. The first-order chi connectivity index (χ1) is 19.1. The van der Waals surface area contributed by atoms with E-state index in [4.69, 9.17) is 34.8 Å². The molecule has 1 amide bonds. The Bertz CT molecular complexity index is 1540. The van der Waals surface area contributed by atoms with E-state index in [1.165, 1.54) is 30.3 Å². The number of amides is 1. The Kier molecular flexibility index (Phi) is 8.83. The van der Waals surface area contributed by atoms with Crippen molar-refractivity contribution < 1.29 is 36.3 Å². The summed E-state index contributed by atoms with van der Waals surface area (Å²) in [5.41, 5.74) is -1.31. The molecule has 0 spiro atoms. The molecule has 4 rings (SSSR count). The van der Waals surface area contributed by atoms with Gasteiger partial charge in [-0.25, -0.2) is 8.78 Å². The number of anilines is 1. The van der Waals surface area contributed by atoms with E-state index in [0.29, 0.717) is 0 Å². The fraction of sp³-hybridized carbons (Fsp3) is 0.276. The third kappa shape index (κ3) is 6.58. The van der Waals surface area contributed by atoms with Crippen molar-refractivity contribution in [3.63, 3.8) is 0 Å². The smallest absolute Gasteiger partial charge is 0.326 e. The highest BCUT2D eigenvalue weighted by atomic mass is 35.5. The minimum atomic E-state index is -4.60. The highest BCUT2D eigenvalue weighted by molar-refractivity contribution is 6.53. The number of benzene rings is 3. The molecule has 3 aromatic rings. The Morgan fingerprint density at radius 2 is 1.68 bits per heavy atom. The minimum Gasteiger partial charge on any atom is -0.326 e. The van der Waals surface area contributed by atoms with Crippen LogP contribution in [0.2, 0.25) is 5.02 Å². The van der Waals surface area contributed by atoms with E-state index in [-0.39, 0.29) is 39.6 Å². The van der Waals surface area contributed by atoms with Gasteiger partial charge in [0, 0.05) is 42.0 Å². The fourth-order valence-corrected chi connectivity index (χ4v) is 5.60. The van der Waals surface area contributed by atoms with Crippen LogP contribution in [0, 0.1) is 17.6 Å². The van der Waals surface area contributed by atoms with Crippen LogP contribution in [0.4, 0.5) is 27.6 Å². The highest BCUT2D eigenvalue weighted by Gasteiger charge is 2.67. The van der Waals surface area contributed by atoms with E-state index in [2.05, 4.69) is 5.32 Å². The van der Waals surface area contributed by atoms with Gasteiger partial charge < -0.3 is 5.32 Å². The second-order valence-corrected chi connectivity index (χ2v) is 11.5. The number of carbonyl (C=O) groups excluding carboxylic acids is 3. The third-order valence-electron chi connectivity index (χ3n) is 6.83. The second-order valence-electron chi connectivity index (χ2n) is 9.60. The summed E-state index contributed by atoms with van der Waals surface area (Å²) >= 11 is 18.7. The van der Waals surface area contributed by atoms with Crippen LogP contribution in [0.15, 0.2) is 54.6 Å². The van der Waals surface area contributed by atoms with Gasteiger partial charge >= 0.3 is 6.18 Å². The van der Waals surface area contributed by atoms with Crippen molar-refractivity contribution in [3.8, 4) is 0 Å². The number of alkyl halides is 5. The Morgan fingerprint density at radius 3 is 2.34 bits per heavy atom. The van der Waals surface area contributed by atoms with Gasteiger partial charge in [-0.3, -0.25) is 14.4 Å². The molecule has 3 aromatic carbocycles. The lowest BCUT2D eigenvalue weighted by molar-refractivity contribution is -0.137. The van der Waals surface area contributed by atoms with Crippen molar-refractivity contribution >= 4 is 58.0 Å². The molecule has 1 aliphatic rings. The number of ketones is 2. The van der Waals surface area contributed by atoms with Crippen LogP contribution in [0.3, 0.4) is 0 Å². The van der Waals surface area contributed by atoms with Crippen LogP contribution < -0.4 is 5.32 Å². The van der Waals surface area contributed by atoms with Crippen molar-refractivity contribution in [1.82, 2.24) is 0 Å². The zero-order valence-electron chi connectivity index (χ0n) is 21.2. The van der Waals surface area contributed by atoms with Gasteiger partial charge in [0.05, 0.1) is 16.5 Å². The Balaban J connectivity index is 1.52. The topological polar surface area (TPSA) is 63.2 Å². The molecule has 0 heterocycles. The second kappa shape index (κ2) is 11.7. The van der Waals surface area contributed by atoms with Gasteiger partial charge in [-0.15, -0.1) is 23.2 Å². The van der Waals surface area contributed by atoms with Crippen molar-refractivity contribution in [2.75, 3.05) is 5.32 Å². The molecular formula is C29H21Cl3F5NO3. The van der Waals surface area contributed by atoms with Gasteiger partial charge in [-0.2, -0.15) is 13.2 Å². The molecule has 0 radical (unpaired) electrons. The average molecular weight is 633 g/mol. The number of halogens is 8. The highest BCUT2D eigenvalue weighted by Crippen LogP contribution is 2.65. The largest absolute Gasteiger partial charge is 0.416 e. The summed E-state index contributed by atoms with van der Waals surface area (Å²) in [6.07, 6.45) is -5.47. The van der Waals surface area contributed by atoms with Crippen molar-refractivity contribution in [2.24, 2.45) is 5.92 Å². The lowest BCUT2D eigenvalue weighted by atomic mass is 9.97. The molecule has 1 aliphatic carbocycles. The van der Waals surface area contributed by atoms with E-state index in [9.17, 15) is 36.3 Å². The molecule has 0 aliphatic heterocycles. The van der Waals surface area contributed by atoms with Crippen molar-refractivity contribution in [3.05, 3.63) is 99.1 Å². The molecule has 0 bridgehead atoms. The van der Waals surface area contributed by atoms with Crippen LogP contribution in [0.1, 0.15) is 51.9 Å². The molecule has 4 nitrogen and oxygen atoms in total. The molecule has 12 heteroatoms. The molecule has 0 aromatic heterocycles. The molecule has 41 heavy (non-hydrogen) atoms. The number of hydrogen-bond acceptors (Lipinski definition) is 3. The van der Waals surface area contributed by atoms with E-state index in [1.54, 1.807) is 6.92 Å². The van der Waals surface area contributed by atoms with Gasteiger partial charge in [0.1, 0.15) is 21.8 Å². The average Bonchev–Trinajstić information content (AvgIpc) is 3.50. The van der Waals surface area contributed by atoms with Gasteiger partial charge in [-0.1, -0.05) is 42.8 Å². The molecule has 0 unspecified atom stereocenters. The monoisotopic (exact) mass is 631 g/mol. The first kappa shape index (κ1) is 30.9.